The van der Waals surface area contributed by atoms with Crippen LogP contribution in [0.3, 0.4) is 0 Å². The Bertz CT molecular complexity index is 428. The Labute approximate surface area is 112 Å². The lowest BCUT2D eigenvalue weighted by Gasteiger charge is -2.26. The molecule has 0 fully saturated rings. The molecule has 18 heavy (non-hydrogen) atoms. The minimum Gasteiger partial charge on any atom is -0.598 e. The number of fused-ring (bicyclic) bond motifs is 1. The van der Waals surface area contributed by atoms with Gasteiger partial charge in [0.05, 0.1) is 13.2 Å². The molecule has 0 radical (unpaired) electrons. The highest BCUT2D eigenvalue weighted by Crippen LogP contribution is 2.34. The summed E-state index contributed by atoms with van der Waals surface area (Å²) in [5.41, 5.74) is 2.56. The van der Waals surface area contributed by atoms with Gasteiger partial charge in [-0.3, -0.25) is 0 Å². The highest BCUT2D eigenvalue weighted by molar-refractivity contribution is 7.90. The van der Waals surface area contributed by atoms with E-state index in [1.165, 1.54) is 11.1 Å². The van der Waals surface area contributed by atoms with Gasteiger partial charge < -0.3 is 9.29 Å². The lowest BCUT2D eigenvalue weighted by molar-refractivity contribution is 0.414. The predicted molar refractivity (Wildman–Crippen MR) is 75.1 cm³/mol. The maximum Gasteiger partial charge on any atom is 0.136 e. The van der Waals surface area contributed by atoms with Gasteiger partial charge in [-0.05, 0) is 56.9 Å². The molecule has 100 valence electrons. The normalized spacial score (nSPS) is 20.6. The molecule has 1 aliphatic rings. The minimum atomic E-state index is -1.02. The molecule has 0 spiro atoms. The zero-order valence-corrected chi connectivity index (χ0v) is 12.3. The summed E-state index contributed by atoms with van der Waals surface area (Å²) in [5.74, 6) is 0.895. The Morgan fingerprint density at radius 1 is 1.39 bits per heavy atom. The summed E-state index contributed by atoms with van der Waals surface area (Å²) in [4.78, 5) is 0. The fourth-order valence-electron chi connectivity index (χ4n) is 2.15. The van der Waals surface area contributed by atoms with E-state index in [0.717, 1.165) is 18.6 Å². The monoisotopic (exact) mass is 267 g/mol. The highest BCUT2D eigenvalue weighted by atomic mass is 32.2. The fourth-order valence-corrected chi connectivity index (χ4v) is 3.01. The van der Waals surface area contributed by atoms with Crippen LogP contribution in [0.4, 0.5) is 0 Å². The van der Waals surface area contributed by atoms with E-state index in [1.807, 2.05) is 26.8 Å². The molecule has 3 nitrogen and oxygen atoms in total. The van der Waals surface area contributed by atoms with Crippen molar-refractivity contribution in [2.75, 3.05) is 7.11 Å². The third-order valence-electron chi connectivity index (χ3n) is 3.23. The molecule has 0 amide bonds. The summed E-state index contributed by atoms with van der Waals surface area (Å²) < 4.78 is 20.4. The standard InChI is InChI=1S/C14H21NO2S/c1-14(2,3)18(16)15-13-8-5-10-9-11(17-4)6-7-12(10)13/h6-7,9,13,15H,5,8H2,1-4H3/t13-,18-/m0/s1. The van der Waals surface area contributed by atoms with Crippen molar-refractivity contribution in [1.82, 2.24) is 4.72 Å². The molecule has 4 heteroatoms. The zero-order chi connectivity index (χ0) is 13.3. The molecule has 1 aromatic carbocycles. The Morgan fingerprint density at radius 2 is 2.11 bits per heavy atom. The van der Waals surface area contributed by atoms with E-state index in [4.69, 9.17) is 4.74 Å². The van der Waals surface area contributed by atoms with Crippen LogP contribution in [-0.4, -0.2) is 16.4 Å². The van der Waals surface area contributed by atoms with E-state index in [1.54, 1.807) is 7.11 Å². The van der Waals surface area contributed by atoms with Crippen LogP contribution < -0.4 is 9.46 Å². The van der Waals surface area contributed by atoms with Crippen molar-refractivity contribution in [2.45, 2.75) is 44.4 Å². The van der Waals surface area contributed by atoms with Crippen LogP contribution in [-0.2, 0) is 17.8 Å². The van der Waals surface area contributed by atoms with E-state index in [0.29, 0.717) is 0 Å². The number of benzene rings is 1. The second-order valence-corrected chi connectivity index (χ2v) is 7.65. The number of ether oxygens (including phenoxy) is 1. The van der Waals surface area contributed by atoms with Gasteiger partial charge in [0.25, 0.3) is 0 Å². The first-order valence-corrected chi connectivity index (χ1v) is 7.41. The van der Waals surface area contributed by atoms with Crippen LogP contribution in [0.25, 0.3) is 0 Å². The number of nitrogens with one attached hydrogen (secondary N) is 1. The maximum absolute atomic E-state index is 12.1. The third kappa shape index (κ3) is 2.82. The molecule has 1 N–H and O–H groups in total. The largest absolute Gasteiger partial charge is 0.598 e. The molecule has 0 saturated carbocycles. The summed E-state index contributed by atoms with van der Waals surface area (Å²) in [6.45, 7) is 5.96. The van der Waals surface area contributed by atoms with Gasteiger partial charge in [-0.2, -0.15) is 0 Å². The molecule has 0 heterocycles. The number of methoxy groups -OCH3 is 1. The van der Waals surface area contributed by atoms with E-state index in [2.05, 4.69) is 16.9 Å². The Morgan fingerprint density at radius 3 is 2.72 bits per heavy atom. The van der Waals surface area contributed by atoms with E-state index in [-0.39, 0.29) is 10.8 Å². The van der Waals surface area contributed by atoms with Gasteiger partial charge in [-0.1, -0.05) is 6.07 Å². The Balaban J connectivity index is 2.12. The van der Waals surface area contributed by atoms with Gasteiger partial charge in [-0.15, -0.1) is 4.72 Å². The quantitative estimate of drug-likeness (QED) is 0.856. The summed E-state index contributed by atoms with van der Waals surface area (Å²) >= 11 is -1.02. The average molecular weight is 267 g/mol. The van der Waals surface area contributed by atoms with Gasteiger partial charge >= 0.3 is 0 Å². The van der Waals surface area contributed by atoms with Crippen molar-refractivity contribution in [3.63, 3.8) is 0 Å². The van der Waals surface area contributed by atoms with Crippen molar-refractivity contribution in [3.05, 3.63) is 29.3 Å². The maximum atomic E-state index is 12.1. The van der Waals surface area contributed by atoms with E-state index < -0.39 is 11.4 Å². The van der Waals surface area contributed by atoms with Crippen LogP contribution in [0, 0.1) is 0 Å². The van der Waals surface area contributed by atoms with Crippen LogP contribution in [0.15, 0.2) is 18.2 Å². The van der Waals surface area contributed by atoms with Crippen molar-refractivity contribution < 1.29 is 9.29 Å². The summed E-state index contributed by atoms with van der Waals surface area (Å²) in [6.07, 6.45) is 2.02. The Hall–Kier alpha value is -0.710. The van der Waals surface area contributed by atoms with Crippen molar-refractivity contribution in [1.29, 1.82) is 0 Å². The molecule has 0 unspecified atom stereocenters. The molecule has 0 bridgehead atoms. The number of hydrogen-bond donors (Lipinski definition) is 1. The van der Waals surface area contributed by atoms with Crippen LogP contribution in [0.1, 0.15) is 44.4 Å². The zero-order valence-electron chi connectivity index (χ0n) is 11.4. The van der Waals surface area contributed by atoms with Crippen LogP contribution >= 0.6 is 0 Å². The second kappa shape index (κ2) is 5.11. The number of aryl methyl sites for hydroxylation is 1. The molecule has 0 saturated heterocycles. The molecular weight excluding hydrogens is 246 g/mol. The van der Waals surface area contributed by atoms with Gasteiger partial charge in [0.2, 0.25) is 0 Å². The van der Waals surface area contributed by atoms with Gasteiger partial charge in [0, 0.05) is 11.4 Å². The lowest BCUT2D eigenvalue weighted by atomic mass is 10.1. The first kappa shape index (κ1) is 13.7. The molecule has 0 aliphatic heterocycles. The third-order valence-corrected chi connectivity index (χ3v) is 4.84. The summed E-state index contributed by atoms with van der Waals surface area (Å²) in [5, 5.41) is 0. The summed E-state index contributed by atoms with van der Waals surface area (Å²) in [6, 6.07) is 6.33. The lowest BCUT2D eigenvalue weighted by Crippen LogP contribution is -2.40. The summed E-state index contributed by atoms with van der Waals surface area (Å²) in [7, 11) is 1.68. The van der Waals surface area contributed by atoms with Crippen molar-refractivity contribution in [3.8, 4) is 5.75 Å². The van der Waals surface area contributed by atoms with Crippen LogP contribution in [0.5, 0.6) is 5.75 Å². The molecule has 1 aromatic rings. The molecular formula is C14H21NO2S. The van der Waals surface area contributed by atoms with E-state index >= 15 is 0 Å². The molecule has 1 aliphatic carbocycles. The van der Waals surface area contributed by atoms with Gasteiger partial charge in [0.15, 0.2) is 0 Å². The number of hydrogen-bond acceptors (Lipinski definition) is 3. The van der Waals surface area contributed by atoms with Gasteiger partial charge in [0.1, 0.15) is 10.5 Å². The molecule has 0 aromatic heterocycles. The smallest absolute Gasteiger partial charge is 0.136 e. The number of rotatable bonds is 3. The average Bonchev–Trinajstić information content (AvgIpc) is 2.70. The fraction of sp³-hybridized carbons (Fsp3) is 0.571. The molecule has 2 rings (SSSR count). The second-order valence-electron chi connectivity index (χ2n) is 5.65. The van der Waals surface area contributed by atoms with Crippen LogP contribution in [0.2, 0.25) is 0 Å². The van der Waals surface area contributed by atoms with E-state index in [9.17, 15) is 4.55 Å². The Kier molecular flexibility index (Phi) is 3.90. The first-order valence-electron chi connectivity index (χ1n) is 6.26. The molecule has 2 atom stereocenters. The predicted octanol–water partition coefficient (Wildman–Crippen LogP) is 2.73. The topological polar surface area (TPSA) is 44.3 Å². The first-order chi connectivity index (χ1) is 8.41. The van der Waals surface area contributed by atoms with Crippen molar-refractivity contribution in [2.24, 2.45) is 0 Å². The van der Waals surface area contributed by atoms with Gasteiger partial charge in [-0.25, -0.2) is 0 Å². The SMILES string of the molecule is COc1ccc2c(c1)CC[C@@H]2N[S@@+]([O-])C(C)(C)C. The van der Waals surface area contributed by atoms with Crippen molar-refractivity contribution >= 4 is 11.4 Å². The highest BCUT2D eigenvalue weighted by Gasteiger charge is 2.32. The minimum absolute atomic E-state index is 0.200.